The molecule has 0 aliphatic carbocycles. The van der Waals surface area contributed by atoms with Crippen LogP contribution in [0.5, 0.6) is 0 Å². The van der Waals surface area contributed by atoms with Crippen LogP contribution in [0.1, 0.15) is 16.7 Å². The molecular weight excluding hydrogens is 334 g/mol. The van der Waals surface area contributed by atoms with Gasteiger partial charge in [-0.15, -0.1) is 0 Å². The van der Waals surface area contributed by atoms with Gasteiger partial charge in [0.25, 0.3) is 5.69 Å². The van der Waals surface area contributed by atoms with Gasteiger partial charge in [-0.25, -0.2) is 0 Å². The third-order valence-electron chi connectivity index (χ3n) is 3.08. The molecule has 0 unspecified atom stereocenters. The highest BCUT2D eigenvalue weighted by molar-refractivity contribution is 9.10. The summed E-state index contributed by atoms with van der Waals surface area (Å²) in [6.07, 6.45) is 0. The number of halogens is 1. The maximum absolute atomic E-state index is 11.1. The maximum Gasteiger partial charge on any atom is 0.275 e. The van der Waals surface area contributed by atoms with Crippen LogP contribution in [-0.4, -0.2) is 4.92 Å². The largest absolute Gasteiger partial charge is 0.380 e. The van der Waals surface area contributed by atoms with Crippen LogP contribution in [0, 0.1) is 28.4 Å². The minimum Gasteiger partial charge on any atom is -0.380 e. The lowest BCUT2D eigenvalue weighted by molar-refractivity contribution is -0.385. The van der Waals surface area contributed by atoms with Crippen molar-refractivity contribution < 1.29 is 4.92 Å². The summed E-state index contributed by atoms with van der Waals surface area (Å²) in [5, 5.41) is 23.1. The number of nitro benzene ring substituents is 1. The Balaban J connectivity index is 2.25. The third-order valence-corrected chi connectivity index (χ3v) is 3.57. The first-order chi connectivity index (χ1) is 10.0. The molecule has 0 bridgehead atoms. The Morgan fingerprint density at radius 3 is 2.76 bits per heavy atom. The zero-order chi connectivity index (χ0) is 15.4. The van der Waals surface area contributed by atoms with Gasteiger partial charge in [-0.2, -0.15) is 5.26 Å². The van der Waals surface area contributed by atoms with Gasteiger partial charge in [-0.05, 0) is 36.8 Å². The van der Waals surface area contributed by atoms with E-state index in [4.69, 9.17) is 5.26 Å². The number of benzene rings is 2. The highest BCUT2D eigenvalue weighted by Crippen LogP contribution is 2.25. The van der Waals surface area contributed by atoms with E-state index in [1.807, 2.05) is 13.0 Å². The summed E-state index contributed by atoms with van der Waals surface area (Å²) in [6, 6.07) is 12.3. The number of hydrogen-bond donors (Lipinski definition) is 1. The molecule has 0 aliphatic heterocycles. The zero-order valence-corrected chi connectivity index (χ0v) is 12.8. The van der Waals surface area contributed by atoms with E-state index in [1.165, 1.54) is 6.07 Å². The first-order valence-electron chi connectivity index (χ1n) is 6.18. The Morgan fingerprint density at radius 2 is 2.10 bits per heavy atom. The molecule has 0 radical (unpaired) electrons. The Kier molecular flexibility index (Phi) is 4.55. The number of anilines is 1. The summed E-state index contributed by atoms with van der Waals surface area (Å²) in [7, 11) is 0. The first kappa shape index (κ1) is 15.0. The average molecular weight is 346 g/mol. The minimum absolute atomic E-state index is 0.0611. The van der Waals surface area contributed by atoms with E-state index in [0.717, 1.165) is 11.3 Å². The van der Waals surface area contributed by atoms with Crippen LogP contribution in [-0.2, 0) is 6.54 Å². The second-order valence-corrected chi connectivity index (χ2v) is 5.44. The summed E-state index contributed by atoms with van der Waals surface area (Å²) in [6.45, 7) is 2.23. The monoisotopic (exact) mass is 345 g/mol. The SMILES string of the molecule is Cc1ccc(C#N)cc1NCc1ccc(Br)cc1[N+](=O)[O-]. The molecule has 2 aromatic carbocycles. The van der Waals surface area contributed by atoms with Crippen molar-refractivity contribution in [3.63, 3.8) is 0 Å². The average Bonchev–Trinajstić information content (AvgIpc) is 2.47. The van der Waals surface area contributed by atoms with Crippen LogP contribution >= 0.6 is 15.9 Å². The van der Waals surface area contributed by atoms with Crippen molar-refractivity contribution in [1.82, 2.24) is 0 Å². The van der Waals surface area contributed by atoms with Crippen molar-refractivity contribution >= 4 is 27.3 Å². The predicted octanol–water partition coefficient (Wildman–Crippen LogP) is 4.15. The first-order valence-corrected chi connectivity index (χ1v) is 6.98. The Labute approximate surface area is 130 Å². The van der Waals surface area contributed by atoms with E-state index in [0.29, 0.717) is 22.1 Å². The summed E-state index contributed by atoms with van der Waals surface area (Å²) >= 11 is 3.23. The fraction of sp³-hybridized carbons (Fsp3) is 0.133. The summed E-state index contributed by atoms with van der Waals surface area (Å²) in [5.74, 6) is 0. The summed E-state index contributed by atoms with van der Waals surface area (Å²) < 4.78 is 0.667. The Bertz CT molecular complexity index is 738. The Hall–Kier alpha value is -2.39. The molecule has 0 amide bonds. The molecule has 5 nitrogen and oxygen atoms in total. The number of rotatable bonds is 4. The molecule has 0 heterocycles. The predicted molar refractivity (Wildman–Crippen MR) is 84.0 cm³/mol. The highest BCUT2D eigenvalue weighted by Gasteiger charge is 2.14. The zero-order valence-electron chi connectivity index (χ0n) is 11.3. The van der Waals surface area contributed by atoms with Crippen molar-refractivity contribution in [3.05, 3.63) is 67.7 Å². The maximum atomic E-state index is 11.1. The lowest BCUT2D eigenvalue weighted by atomic mass is 10.1. The summed E-state index contributed by atoms with van der Waals surface area (Å²) in [4.78, 5) is 10.7. The molecule has 0 aliphatic rings. The molecule has 21 heavy (non-hydrogen) atoms. The van der Waals surface area contributed by atoms with Crippen molar-refractivity contribution in [2.24, 2.45) is 0 Å². The second kappa shape index (κ2) is 6.37. The molecule has 2 rings (SSSR count). The second-order valence-electron chi connectivity index (χ2n) is 4.53. The van der Waals surface area contributed by atoms with Gasteiger partial charge in [0.15, 0.2) is 0 Å². The molecule has 1 N–H and O–H groups in total. The Morgan fingerprint density at radius 1 is 1.33 bits per heavy atom. The molecule has 0 fully saturated rings. The van der Waals surface area contributed by atoms with E-state index in [9.17, 15) is 10.1 Å². The fourth-order valence-electron chi connectivity index (χ4n) is 1.93. The molecular formula is C15H12BrN3O2. The van der Waals surface area contributed by atoms with Crippen molar-refractivity contribution in [2.75, 3.05) is 5.32 Å². The van der Waals surface area contributed by atoms with Crippen molar-refractivity contribution in [3.8, 4) is 6.07 Å². The lowest BCUT2D eigenvalue weighted by Gasteiger charge is -2.10. The number of nitro groups is 1. The topological polar surface area (TPSA) is 79.0 Å². The van der Waals surface area contributed by atoms with E-state index < -0.39 is 4.92 Å². The highest BCUT2D eigenvalue weighted by atomic mass is 79.9. The fourth-order valence-corrected chi connectivity index (χ4v) is 2.28. The van der Waals surface area contributed by atoms with Gasteiger partial charge in [-0.3, -0.25) is 10.1 Å². The number of nitrogens with zero attached hydrogens (tertiary/aromatic N) is 2. The van der Waals surface area contributed by atoms with Crippen LogP contribution in [0.2, 0.25) is 0 Å². The molecule has 106 valence electrons. The molecule has 6 heteroatoms. The molecule has 0 spiro atoms. The number of aryl methyl sites for hydroxylation is 1. The van der Waals surface area contributed by atoms with Gasteiger partial charge in [0.05, 0.1) is 16.6 Å². The van der Waals surface area contributed by atoms with Crippen LogP contribution < -0.4 is 5.32 Å². The van der Waals surface area contributed by atoms with Gasteiger partial charge in [0, 0.05) is 28.3 Å². The van der Waals surface area contributed by atoms with E-state index in [-0.39, 0.29) is 5.69 Å². The molecule has 0 saturated heterocycles. The molecule has 0 saturated carbocycles. The van der Waals surface area contributed by atoms with Gasteiger partial charge in [-0.1, -0.05) is 22.0 Å². The number of nitrogens with one attached hydrogen (secondary N) is 1. The molecule has 2 aromatic rings. The lowest BCUT2D eigenvalue weighted by Crippen LogP contribution is -2.04. The van der Waals surface area contributed by atoms with Crippen LogP contribution in [0.15, 0.2) is 40.9 Å². The van der Waals surface area contributed by atoms with Gasteiger partial charge in [0.2, 0.25) is 0 Å². The molecule has 0 aromatic heterocycles. The third kappa shape index (κ3) is 3.58. The van der Waals surface area contributed by atoms with Crippen molar-refractivity contribution in [2.45, 2.75) is 13.5 Å². The standard InChI is InChI=1S/C15H12BrN3O2/c1-10-2-3-11(8-17)6-14(10)18-9-12-4-5-13(16)7-15(12)19(20)21/h2-7,18H,9H2,1H3. The normalized spacial score (nSPS) is 9.95. The minimum atomic E-state index is -0.402. The number of nitriles is 1. The quantitative estimate of drug-likeness (QED) is 0.666. The van der Waals surface area contributed by atoms with Crippen LogP contribution in [0.3, 0.4) is 0 Å². The number of hydrogen-bond acceptors (Lipinski definition) is 4. The van der Waals surface area contributed by atoms with Gasteiger partial charge in [0.1, 0.15) is 0 Å². The smallest absolute Gasteiger partial charge is 0.275 e. The van der Waals surface area contributed by atoms with Crippen LogP contribution in [0.25, 0.3) is 0 Å². The van der Waals surface area contributed by atoms with Crippen LogP contribution in [0.4, 0.5) is 11.4 Å². The molecule has 0 atom stereocenters. The van der Waals surface area contributed by atoms with Gasteiger partial charge < -0.3 is 5.32 Å². The van der Waals surface area contributed by atoms with E-state index in [1.54, 1.807) is 24.3 Å². The summed E-state index contributed by atoms with van der Waals surface area (Å²) in [5.41, 5.74) is 2.98. The van der Waals surface area contributed by atoms with E-state index >= 15 is 0 Å². The van der Waals surface area contributed by atoms with E-state index in [2.05, 4.69) is 27.3 Å². The van der Waals surface area contributed by atoms with Gasteiger partial charge >= 0.3 is 0 Å². The van der Waals surface area contributed by atoms with Crippen molar-refractivity contribution in [1.29, 1.82) is 5.26 Å².